The van der Waals surface area contributed by atoms with Gasteiger partial charge in [-0.1, -0.05) is 34.3 Å². The molecule has 1 aliphatic heterocycles. The van der Waals surface area contributed by atoms with Crippen LogP contribution in [-0.2, 0) is 4.99 Å². The number of halogens is 3. The van der Waals surface area contributed by atoms with Crippen molar-refractivity contribution in [2.75, 3.05) is 31.1 Å². The van der Waals surface area contributed by atoms with Gasteiger partial charge in [0.2, 0.25) is 0 Å². The van der Waals surface area contributed by atoms with Crippen molar-refractivity contribution < 1.29 is 14.3 Å². The molecule has 28 heavy (non-hydrogen) atoms. The van der Waals surface area contributed by atoms with Crippen LogP contribution >= 0.6 is 35.6 Å². The molecule has 9 heteroatoms. The number of rotatable bonds is 4. The van der Waals surface area contributed by atoms with Crippen LogP contribution in [0.25, 0.3) is 11.0 Å². The van der Waals surface area contributed by atoms with Crippen LogP contribution in [0.15, 0.2) is 57.7 Å². The molecule has 4 rings (SSSR count). The van der Waals surface area contributed by atoms with Gasteiger partial charge in [-0.15, -0.1) is 17.5 Å². The molecule has 3 aromatic rings. The van der Waals surface area contributed by atoms with E-state index in [0.29, 0.717) is 34.5 Å². The van der Waals surface area contributed by atoms with Crippen molar-refractivity contribution >= 4 is 52.3 Å². The number of fused-ring (bicyclic) bond motifs is 1. The molecular formula is C19H17Cl3N2O4. The van der Waals surface area contributed by atoms with Gasteiger partial charge in [0.05, 0.1) is 15.7 Å². The first kappa shape index (κ1) is 20.8. The molecule has 0 spiro atoms. The van der Waals surface area contributed by atoms with Gasteiger partial charge in [-0.2, -0.15) is 0 Å². The number of piperazine rings is 1. The molecular weight excluding hydrogens is 427 g/mol. The van der Waals surface area contributed by atoms with Crippen LogP contribution in [-0.4, -0.2) is 31.2 Å². The predicted molar refractivity (Wildman–Crippen MR) is 112 cm³/mol. The monoisotopic (exact) mass is 442 g/mol. The zero-order chi connectivity index (χ0) is 18.8. The molecule has 0 radical (unpaired) electrons. The van der Waals surface area contributed by atoms with Crippen LogP contribution in [0.4, 0.5) is 5.69 Å². The minimum absolute atomic E-state index is 0. The van der Waals surface area contributed by atoms with E-state index in [1.165, 1.54) is 6.07 Å². The summed E-state index contributed by atoms with van der Waals surface area (Å²) in [6, 6.07) is 13.9. The Hall–Kier alpha value is -1.96. The van der Waals surface area contributed by atoms with Crippen molar-refractivity contribution in [1.29, 1.82) is 0 Å². The lowest BCUT2D eigenvalue weighted by Crippen LogP contribution is -2.46. The molecule has 2 heterocycles. The number of anilines is 1. The van der Waals surface area contributed by atoms with E-state index >= 15 is 0 Å². The maximum Gasteiger partial charge on any atom is 0.336 e. The van der Waals surface area contributed by atoms with Crippen molar-refractivity contribution in [1.82, 2.24) is 5.06 Å². The second kappa shape index (κ2) is 9.03. The summed E-state index contributed by atoms with van der Waals surface area (Å²) in [6.45, 7) is 2.70. The third kappa shape index (κ3) is 4.54. The number of hydrogen-bond donors (Lipinski definition) is 0. The topological polar surface area (TPSA) is 55.2 Å². The van der Waals surface area contributed by atoms with Gasteiger partial charge >= 0.3 is 5.63 Å². The zero-order valence-electron chi connectivity index (χ0n) is 14.6. The maximum atomic E-state index is 11.3. The van der Waals surface area contributed by atoms with Crippen LogP contribution in [0.5, 0.6) is 5.75 Å². The summed E-state index contributed by atoms with van der Waals surface area (Å²) in [5, 5.41) is 3.64. The van der Waals surface area contributed by atoms with Crippen molar-refractivity contribution in [2.24, 2.45) is 0 Å². The summed E-state index contributed by atoms with van der Waals surface area (Å²) in [5.74, 6) is 0.456. The molecule has 148 valence electrons. The van der Waals surface area contributed by atoms with Gasteiger partial charge in [0.1, 0.15) is 5.58 Å². The molecule has 0 bridgehead atoms. The van der Waals surface area contributed by atoms with Crippen LogP contribution < -0.4 is 15.4 Å². The van der Waals surface area contributed by atoms with E-state index in [9.17, 15) is 4.79 Å². The van der Waals surface area contributed by atoms with Crippen LogP contribution in [0, 0.1) is 0 Å². The number of benzene rings is 2. The second-order valence-corrected chi connectivity index (χ2v) is 6.89. The van der Waals surface area contributed by atoms with Gasteiger partial charge in [-0.25, -0.2) is 4.79 Å². The highest BCUT2D eigenvalue weighted by molar-refractivity contribution is 6.43. The summed E-state index contributed by atoms with van der Waals surface area (Å²) in [6.07, 6.45) is 0. The molecule has 0 aliphatic carbocycles. The number of nitrogens with zero attached hydrogens (tertiary/aromatic N) is 2. The largest absolute Gasteiger partial charge is 0.423 e. The highest BCUT2D eigenvalue weighted by atomic mass is 35.5. The van der Waals surface area contributed by atoms with Crippen molar-refractivity contribution in [2.45, 2.75) is 0 Å². The third-order valence-electron chi connectivity index (χ3n) is 4.34. The molecule has 1 aliphatic rings. The zero-order valence-corrected chi connectivity index (χ0v) is 17.0. The van der Waals surface area contributed by atoms with Crippen LogP contribution in [0.3, 0.4) is 0 Å². The molecule has 0 atom stereocenters. The van der Waals surface area contributed by atoms with Gasteiger partial charge < -0.3 is 14.2 Å². The fourth-order valence-corrected chi connectivity index (χ4v) is 3.34. The van der Waals surface area contributed by atoms with Crippen LogP contribution in [0.2, 0.25) is 10.0 Å². The van der Waals surface area contributed by atoms with E-state index in [1.807, 2.05) is 12.1 Å². The Morgan fingerprint density at radius 3 is 2.50 bits per heavy atom. The van der Waals surface area contributed by atoms with Crippen molar-refractivity contribution in [3.8, 4) is 5.75 Å². The molecule has 1 aromatic heterocycles. The highest BCUT2D eigenvalue weighted by Crippen LogP contribution is 2.33. The van der Waals surface area contributed by atoms with E-state index in [1.54, 1.807) is 35.4 Å². The lowest BCUT2D eigenvalue weighted by molar-refractivity contribution is -0.368. The smallest absolute Gasteiger partial charge is 0.336 e. The van der Waals surface area contributed by atoms with Gasteiger partial charge in [0, 0.05) is 43.7 Å². The average Bonchev–Trinajstić information content (AvgIpc) is 2.68. The molecule has 1 fully saturated rings. The first-order valence-electron chi connectivity index (χ1n) is 8.42. The first-order chi connectivity index (χ1) is 13.1. The summed E-state index contributed by atoms with van der Waals surface area (Å²) < 4.78 is 5.14. The van der Waals surface area contributed by atoms with Crippen molar-refractivity contribution in [3.63, 3.8) is 0 Å². The Morgan fingerprint density at radius 1 is 0.964 bits per heavy atom. The van der Waals surface area contributed by atoms with E-state index < -0.39 is 5.63 Å². The summed E-state index contributed by atoms with van der Waals surface area (Å²) in [5.41, 5.74) is 0.953. The normalized spacial score (nSPS) is 14.7. The predicted octanol–water partition coefficient (Wildman–Crippen LogP) is 4.57. The molecule has 2 aromatic carbocycles. The summed E-state index contributed by atoms with van der Waals surface area (Å²) >= 11 is 12.4. The molecule has 6 nitrogen and oxygen atoms in total. The number of hydrogen-bond acceptors (Lipinski definition) is 6. The van der Waals surface area contributed by atoms with E-state index in [-0.39, 0.29) is 12.4 Å². The Labute approximate surface area is 177 Å². The van der Waals surface area contributed by atoms with Crippen LogP contribution in [0.1, 0.15) is 0 Å². The summed E-state index contributed by atoms with van der Waals surface area (Å²) in [7, 11) is 0. The molecule has 1 saturated heterocycles. The minimum atomic E-state index is -0.406. The first-order valence-corrected chi connectivity index (χ1v) is 9.18. The Balaban J connectivity index is 0.00000225. The highest BCUT2D eigenvalue weighted by Gasteiger charge is 2.21. The van der Waals surface area contributed by atoms with Gasteiger partial charge in [-0.3, -0.25) is 0 Å². The van der Waals surface area contributed by atoms with E-state index in [0.717, 1.165) is 24.2 Å². The number of hydroxylamine groups is 2. The Kier molecular flexibility index (Phi) is 6.69. The standard InChI is InChI=1S/C19H16Cl2N2O4.ClH/c20-15-2-1-3-16(19(15)21)22-8-10-23(11-9-22)27-26-14-6-4-13-5-7-18(24)25-17(13)12-14;/h1-7,12H,8-11H2;1H. The van der Waals surface area contributed by atoms with Crippen molar-refractivity contribution in [3.05, 3.63) is 69.0 Å². The average molecular weight is 444 g/mol. The maximum absolute atomic E-state index is 11.3. The van der Waals surface area contributed by atoms with Gasteiger partial charge in [-0.05, 0) is 30.3 Å². The second-order valence-electron chi connectivity index (χ2n) is 6.10. The molecule has 0 N–H and O–H groups in total. The molecule has 0 unspecified atom stereocenters. The molecule has 0 saturated carbocycles. The Bertz CT molecular complexity index is 1020. The summed E-state index contributed by atoms with van der Waals surface area (Å²) in [4.78, 5) is 24.3. The Morgan fingerprint density at radius 2 is 1.71 bits per heavy atom. The van der Waals surface area contributed by atoms with Gasteiger partial charge in [0.15, 0.2) is 5.75 Å². The molecule has 0 amide bonds. The lowest BCUT2D eigenvalue weighted by atomic mass is 10.2. The fourth-order valence-electron chi connectivity index (χ4n) is 2.93. The van der Waals surface area contributed by atoms with E-state index in [2.05, 4.69) is 4.90 Å². The third-order valence-corrected chi connectivity index (χ3v) is 5.15. The lowest BCUT2D eigenvalue weighted by Gasteiger charge is -2.34. The quantitative estimate of drug-likeness (QED) is 0.334. The SMILES string of the molecule is Cl.O=c1ccc2ccc(OON3CCN(c4cccc(Cl)c4Cl)CC3)cc2o1. The fraction of sp³-hybridized carbons (Fsp3) is 0.211. The van der Waals surface area contributed by atoms with E-state index in [4.69, 9.17) is 37.5 Å². The van der Waals surface area contributed by atoms with Gasteiger partial charge in [0.25, 0.3) is 0 Å². The minimum Gasteiger partial charge on any atom is -0.423 e.